The molecule has 2 aromatic rings. The highest BCUT2D eigenvalue weighted by Crippen LogP contribution is 2.34. The van der Waals surface area contributed by atoms with Crippen LogP contribution in [-0.2, 0) is 11.3 Å². The first kappa shape index (κ1) is 18.0. The molecule has 0 aliphatic heterocycles. The lowest BCUT2D eigenvalue weighted by Gasteiger charge is -2.14. The molecular formula is C16H18BrN3O4. The van der Waals surface area contributed by atoms with Gasteiger partial charge in [-0.3, -0.25) is 0 Å². The van der Waals surface area contributed by atoms with Gasteiger partial charge in [0.25, 0.3) is 0 Å². The fraction of sp³-hybridized carbons (Fsp3) is 0.312. The third-order valence-corrected chi connectivity index (χ3v) is 3.73. The minimum absolute atomic E-state index is 0.00964. The van der Waals surface area contributed by atoms with Crippen molar-refractivity contribution in [3.05, 3.63) is 40.3 Å². The summed E-state index contributed by atoms with van der Waals surface area (Å²) in [5.41, 5.74) is 6.34. The Morgan fingerprint density at radius 2 is 1.75 bits per heavy atom. The molecule has 0 amide bonds. The highest BCUT2D eigenvalue weighted by atomic mass is 79.9. The molecule has 2 N–H and O–H groups in total. The lowest BCUT2D eigenvalue weighted by molar-refractivity contribution is 0.0465. The van der Waals surface area contributed by atoms with Gasteiger partial charge in [0, 0.05) is 22.4 Å². The SMILES string of the molecule is CCOc1cc(Br)c(COC(=O)c2nccnc2N)cc1OCC. The van der Waals surface area contributed by atoms with Crippen molar-refractivity contribution in [3.63, 3.8) is 0 Å². The number of anilines is 1. The van der Waals surface area contributed by atoms with Crippen LogP contribution < -0.4 is 15.2 Å². The minimum Gasteiger partial charge on any atom is -0.490 e. The molecule has 7 nitrogen and oxygen atoms in total. The first-order valence-electron chi connectivity index (χ1n) is 7.38. The Hall–Kier alpha value is -2.35. The lowest BCUT2D eigenvalue weighted by Crippen LogP contribution is -2.12. The Morgan fingerprint density at radius 3 is 2.38 bits per heavy atom. The van der Waals surface area contributed by atoms with Crippen molar-refractivity contribution < 1.29 is 19.0 Å². The van der Waals surface area contributed by atoms with E-state index in [4.69, 9.17) is 19.9 Å². The van der Waals surface area contributed by atoms with Gasteiger partial charge in [0.15, 0.2) is 23.0 Å². The Balaban J connectivity index is 2.16. The van der Waals surface area contributed by atoms with Crippen LogP contribution in [0.25, 0.3) is 0 Å². The third kappa shape index (κ3) is 4.35. The van der Waals surface area contributed by atoms with Crippen LogP contribution in [0.3, 0.4) is 0 Å². The summed E-state index contributed by atoms with van der Waals surface area (Å²) in [6, 6.07) is 3.56. The molecule has 0 radical (unpaired) electrons. The number of carbonyl (C=O) groups is 1. The third-order valence-electron chi connectivity index (χ3n) is 2.99. The summed E-state index contributed by atoms with van der Waals surface area (Å²) in [7, 11) is 0. The van der Waals surface area contributed by atoms with Gasteiger partial charge in [0.1, 0.15) is 6.61 Å². The average molecular weight is 396 g/mol. The molecule has 1 aromatic carbocycles. The molecule has 128 valence electrons. The van der Waals surface area contributed by atoms with Crippen LogP contribution in [-0.4, -0.2) is 29.2 Å². The fourth-order valence-corrected chi connectivity index (χ4v) is 2.38. The highest BCUT2D eigenvalue weighted by Gasteiger charge is 2.16. The van der Waals surface area contributed by atoms with Gasteiger partial charge in [-0.25, -0.2) is 14.8 Å². The fourth-order valence-electron chi connectivity index (χ4n) is 1.94. The molecule has 1 aromatic heterocycles. The topological polar surface area (TPSA) is 96.6 Å². The zero-order valence-corrected chi connectivity index (χ0v) is 15.0. The maximum atomic E-state index is 12.1. The molecule has 1 heterocycles. The van der Waals surface area contributed by atoms with Crippen LogP contribution >= 0.6 is 15.9 Å². The van der Waals surface area contributed by atoms with Crippen molar-refractivity contribution in [1.82, 2.24) is 9.97 Å². The molecule has 0 spiro atoms. The lowest BCUT2D eigenvalue weighted by atomic mass is 10.2. The zero-order valence-electron chi connectivity index (χ0n) is 13.4. The first-order chi connectivity index (χ1) is 11.6. The molecule has 0 bridgehead atoms. The van der Waals surface area contributed by atoms with Crippen LogP contribution in [0.4, 0.5) is 5.82 Å². The predicted octanol–water partition coefficient (Wildman–Crippen LogP) is 2.98. The highest BCUT2D eigenvalue weighted by molar-refractivity contribution is 9.10. The largest absolute Gasteiger partial charge is 0.490 e. The smallest absolute Gasteiger partial charge is 0.361 e. The van der Waals surface area contributed by atoms with Gasteiger partial charge in [0.05, 0.1) is 13.2 Å². The molecule has 0 aliphatic rings. The van der Waals surface area contributed by atoms with Gasteiger partial charge < -0.3 is 19.9 Å². The normalized spacial score (nSPS) is 10.3. The van der Waals surface area contributed by atoms with E-state index in [-0.39, 0.29) is 18.1 Å². The molecule has 0 aliphatic carbocycles. The number of aromatic nitrogens is 2. The van der Waals surface area contributed by atoms with Crippen LogP contribution in [0.1, 0.15) is 29.9 Å². The number of nitrogens with two attached hydrogens (primary N) is 1. The number of esters is 1. The average Bonchev–Trinajstić information content (AvgIpc) is 2.56. The van der Waals surface area contributed by atoms with Gasteiger partial charge >= 0.3 is 5.97 Å². The van der Waals surface area contributed by atoms with Crippen molar-refractivity contribution in [1.29, 1.82) is 0 Å². The van der Waals surface area contributed by atoms with Crippen molar-refractivity contribution in [2.45, 2.75) is 20.5 Å². The summed E-state index contributed by atoms with van der Waals surface area (Å²) < 4.78 is 17.1. The Bertz CT molecular complexity index is 724. The minimum atomic E-state index is -0.639. The summed E-state index contributed by atoms with van der Waals surface area (Å²) in [6.45, 7) is 4.82. The molecular weight excluding hydrogens is 378 g/mol. The van der Waals surface area contributed by atoms with E-state index in [0.29, 0.717) is 24.7 Å². The second-order valence-electron chi connectivity index (χ2n) is 4.62. The Morgan fingerprint density at radius 1 is 1.12 bits per heavy atom. The number of hydrogen-bond donors (Lipinski definition) is 1. The number of benzene rings is 1. The summed E-state index contributed by atoms with van der Waals surface area (Å²) in [5, 5.41) is 0. The van der Waals surface area contributed by atoms with Crippen molar-refractivity contribution in [2.75, 3.05) is 18.9 Å². The number of nitrogens with zero attached hydrogens (tertiary/aromatic N) is 2. The molecule has 0 saturated heterocycles. The maximum absolute atomic E-state index is 12.1. The summed E-state index contributed by atoms with van der Waals surface area (Å²) in [5.74, 6) is 0.606. The van der Waals surface area contributed by atoms with E-state index < -0.39 is 5.97 Å². The molecule has 0 unspecified atom stereocenters. The van der Waals surface area contributed by atoms with Gasteiger partial charge in [-0.15, -0.1) is 0 Å². The maximum Gasteiger partial charge on any atom is 0.361 e. The van der Waals surface area contributed by atoms with Crippen LogP contribution in [0, 0.1) is 0 Å². The van der Waals surface area contributed by atoms with Crippen LogP contribution in [0.2, 0.25) is 0 Å². The number of nitrogen functional groups attached to an aromatic ring is 1. The summed E-state index contributed by atoms with van der Waals surface area (Å²) in [6.07, 6.45) is 2.79. The number of hydrogen-bond acceptors (Lipinski definition) is 7. The molecule has 8 heteroatoms. The number of halogens is 1. The molecule has 0 atom stereocenters. The van der Waals surface area contributed by atoms with E-state index in [1.807, 2.05) is 13.8 Å². The summed E-state index contributed by atoms with van der Waals surface area (Å²) in [4.78, 5) is 19.7. The standard InChI is InChI=1S/C16H18BrN3O4/c1-3-22-12-7-10(11(17)8-13(12)23-4-2)9-24-16(21)14-15(18)20-6-5-19-14/h5-8H,3-4,9H2,1-2H3,(H2,18,20). The van der Waals surface area contributed by atoms with Crippen LogP contribution in [0.5, 0.6) is 11.5 Å². The Kier molecular flexibility index (Phi) is 6.36. The number of ether oxygens (including phenoxy) is 3. The summed E-state index contributed by atoms with van der Waals surface area (Å²) >= 11 is 3.44. The van der Waals surface area contributed by atoms with E-state index in [0.717, 1.165) is 10.0 Å². The molecule has 24 heavy (non-hydrogen) atoms. The zero-order chi connectivity index (χ0) is 17.5. The first-order valence-corrected chi connectivity index (χ1v) is 8.17. The van der Waals surface area contributed by atoms with E-state index in [2.05, 4.69) is 25.9 Å². The molecule has 0 fully saturated rings. The van der Waals surface area contributed by atoms with E-state index in [1.165, 1.54) is 12.4 Å². The van der Waals surface area contributed by atoms with Crippen molar-refractivity contribution in [3.8, 4) is 11.5 Å². The second-order valence-corrected chi connectivity index (χ2v) is 5.48. The van der Waals surface area contributed by atoms with Gasteiger partial charge in [-0.05, 0) is 26.0 Å². The van der Waals surface area contributed by atoms with Gasteiger partial charge in [-0.1, -0.05) is 15.9 Å². The van der Waals surface area contributed by atoms with Gasteiger partial charge in [0.2, 0.25) is 0 Å². The van der Waals surface area contributed by atoms with Crippen LogP contribution in [0.15, 0.2) is 29.0 Å². The predicted molar refractivity (Wildman–Crippen MR) is 92.0 cm³/mol. The second kappa shape index (κ2) is 8.49. The quantitative estimate of drug-likeness (QED) is 0.719. The van der Waals surface area contributed by atoms with Crippen molar-refractivity contribution >= 4 is 27.7 Å². The monoisotopic (exact) mass is 395 g/mol. The van der Waals surface area contributed by atoms with E-state index in [1.54, 1.807) is 12.1 Å². The number of carbonyl (C=O) groups excluding carboxylic acids is 1. The van der Waals surface area contributed by atoms with Crippen molar-refractivity contribution in [2.24, 2.45) is 0 Å². The molecule has 0 saturated carbocycles. The Labute approximate surface area is 148 Å². The van der Waals surface area contributed by atoms with E-state index in [9.17, 15) is 4.79 Å². The number of rotatable bonds is 7. The van der Waals surface area contributed by atoms with E-state index >= 15 is 0 Å². The van der Waals surface area contributed by atoms with Gasteiger partial charge in [-0.2, -0.15) is 0 Å². The molecule has 2 rings (SSSR count).